The fourth-order valence-electron chi connectivity index (χ4n) is 3.11. The van der Waals surface area contributed by atoms with Gasteiger partial charge in [0.15, 0.2) is 9.84 Å². The lowest BCUT2D eigenvalue weighted by Crippen LogP contribution is -2.44. The molecule has 4 nitrogen and oxygen atoms in total. The van der Waals surface area contributed by atoms with Crippen molar-refractivity contribution < 1.29 is 13.5 Å². The Morgan fingerprint density at radius 2 is 1.90 bits per heavy atom. The van der Waals surface area contributed by atoms with Crippen LogP contribution >= 0.6 is 0 Å². The molecule has 0 bridgehead atoms. The van der Waals surface area contributed by atoms with Crippen LogP contribution in [-0.2, 0) is 9.84 Å². The molecule has 0 spiro atoms. The van der Waals surface area contributed by atoms with Gasteiger partial charge in [0.1, 0.15) is 0 Å². The van der Waals surface area contributed by atoms with Gasteiger partial charge in [0, 0.05) is 7.05 Å². The molecule has 0 heterocycles. The molecule has 1 fully saturated rings. The molecule has 1 aliphatic carbocycles. The molecule has 1 saturated carbocycles. The van der Waals surface area contributed by atoms with Gasteiger partial charge in [-0.1, -0.05) is 31.9 Å². The molecule has 1 aliphatic rings. The molecule has 2 rings (SSSR count). The summed E-state index contributed by atoms with van der Waals surface area (Å²) in [5, 5.41) is 10.2. The summed E-state index contributed by atoms with van der Waals surface area (Å²) >= 11 is 0. The monoisotopic (exact) mass is 311 g/mol. The zero-order valence-corrected chi connectivity index (χ0v) is 13.6. The molecule has 0 aliphatic heterocycles. The van der Waals surface area contributed by atoms with Crippen LogP contribution in [0.1, 0.15) is 39.0 Å². The summed E-state index contributed by atoms with van der Waals surface area (Å²) in [5.41, 5.74) is 0.705. The molecule has 2 atom stereocenters. The molecule has 21 heavy (non-hydrogen) atoms. The van der Waals surface area contributed by atoms with Crippen LogP contribution in [-0.4, -0.2) is 38.5 Å². The number of hydrogen-bond donors (Lipinski definition) is 1. The summed E-state index contributed by atoms with van der Waals surface area (Å²) < 4.78 is 24.9. The number of rotatable bonds is 5. The lowest BCUT2D eigenvalue weighted by Gasteiger charge is -2.37. The minimum absolute atomic E-state index is 0.00303. The van der Waals surface area contributed by atoms with E-state index in [1.54, 1.807) is 12.1 Å². The van der Waals surface area contributed by atoms with E-state index in [1.807, 2.05) is 31.0 Å². The van der Waals surface area contributed by atoms with Gasteiger partial charge in [0.2, 0.25) is 0 Å². The van der Waals surface area contributed by atoms with Gasteiger partial charge >= 0.3 is 0 Å². The molecule has 0 saturated heterocycles. The Kier molecular flexibility index (Phi) is 5.27. The number of sulfone groups is 1. The number of nitrogens with zero attached hydrogens (tertiary/aromatic N) is 1. The van der Waals surface area contributed by atoms with E-state index in [9.17, 15) is 13.5 Å². The summed E-state index contributed by atoms with van der Waals surface area (Å²) in [4.78, 5) is 2.33. The SMILES string of the molecule is CCCS(=O)(=O)c1ccccc1N(C)C1CCCCC1O. The summed E-state index contributed by atoms with van der Waals surface area (Å²) in [7, 11) is -1.38. The summed E-state index contributed by atoms with van der Waals surface area (Å²) in [6.45, 7) is 1.87. The standard InChI is InChI=1S/C16H25NO3S/c1-3-12-21(19,20)16-11-7-5-9-14(16)17(2)13-8-4-6-10-15(13)18/h5,7,9,11,13,15,18H,3-4,6,8,10,12H2,1-2H3. The summed E-state index contributed by atoms with van der Waals surface area (Å²) in [6.07, 6.45) is 4.04. The topological polar surface area (TPSA) is 57.6 Å². The third-order valence-corrected chi connectivity index (χ3v) is 6.21. The van der Waals surface area contributed by atoms with Crippen molar-refractivity contribution >= 4 is 15.5 Å². The Labute approximate surface area is 127 Å². The maximum atomic E-state index is 12.4. The van der Waals surface area contributed by atoms with Gasteiger partial charge < -0.3 is 10.0 Å². The van der Waals surface area contributed by atoms with Crippen LogP contribution < -0.4 is 4.90 Å². The van der Waals surface area contributed by atoms with Crippen molar-refractivity contribution in [3.05, 3.63) is 24.3 Å². The second-order valence-electron chi connectivity index (χ2n) is 5.82. The van der Waals surface area contributed by atoms with Gasteiger partial charge in [-0.3, -0.25) is 0 Å². The number of aliphatic hydroxyl groups excluding tert-OH is 1. The zero-order chi connectivity index (χ0) is 15.5. The lowest BCUT2D eigenvalue weighted by molar-refractivity contribution is 0.106. The molecular weight excluding hydrogens is 286 g/mol. The minimum atomic E-state index is -3.27. The first-order chi connectivity index (χ1) is 9.97. The molecule has 118 valence electrons. The van der Waals surface area contributed by atoms with Crippen LogP contribution in [0, 0.1) is 0 Å². The Morgan fingerprint density at radius 3 is 2.57 bits per heavy atom. The number of aliphatic hydroxyl groups is 1. The normalized spacial score (nSPS) is 23.0. The van der Waals surface area contributed by atoms with Crippen LogP contribution in [0.3, 0.4) is 0 Å². The first-order valence-corrected chi connectivity index (χ1v) is 9.35. The van der Waals surface area contributed by atoms with Gasteiger partial charge in [-0.05, 0) is 31.4 Å². The van der Waals surface area contributed by atoms with Crippen molar-refractivity contribution in [2.75, 3.05) is 17.7 Å². The Hall–Kier alpha value is -1.07. The van der Waals surface area contributed by atoms with Gasteiger partial charge in [-0.15, -0.1) is 0 Å². The number of hydrogen-bond acceptors (Lipinski definition) is 4. The molecule has 1 N–H and O–H groups in total. The Balaban J connectivity index is 2.35. The zero-order valence-electron chi connectivity index (χ0n) is 12.8. The molecular formula is C16H25NO3S. The van der Waals surface area contributed by atoms with Crippen LogP contribution in [0.5, 0.6) is 0 Å². The van der Waals surface area contributed by atoms with Crippen LogP contribution in [0.25, 0.3) is 0 Å². The molecule has 0 radical (unpaired) electrons. The predicted octanol–water partition coefficient (Wildman–Crippen LogP) is 2.61. The highest BCUT2D eigenvalue weighted by atomic mass is 32.2. The fourth-order valence-corrected chi connectivity index (χ4v) is 4.69. The quantitative estimate of drug-likeness (QED) is 0.908. The highest BCUT2D eigenvalue weighted by molar-refractivity contribution is 7.91. The van der Waals surface area contributed by atoms with E-state index in [0.29, 0.717) is 17.0 Å². The Bertz CT molecular complexity index is 571. The minimum Gasteiger partial charge on any atom is -0.391 e. The number of likely N-dealkylation sites (N-methyl/N-ethyl adjacent to an activating group) is 1. The number of anilines is 1. The van der Waals surface area contributed by atoms with Gasteiger partial charge in [-0.25, -0.2) is 8.42 Å². The van der Waals surface area contributed by atoms with Crippen molar-refractivity contribution in [3.8, 4) is 0 Å². The lowest BCUT2D eigenvalue weighted by atomic mass is 9.91. The molecule has 0 aromatic heterocycles. The van der Waals surface area contributed by atoms with Crippen LogP contribution in [0.15, 0.2) is 29.2 Å². The number of para-hydroxylation sites is 1. The van der Waals surface area contributed by atoms with Gasteiger partial charge in [0.25, 0.3) is 0 Å². The third kappa shape index (κ3) is 3.58. The summed E-state index contributed by atoms with van der Waals surface area (Å²) in [5.74, 6) is 0.158. The third-order valence-electron chi connectivity index (χ3n) is 4.24. The van der Waals surface area contributed by atoms with E-state index in [1.165, 1.54) is 0 Å². The molecule has 2 unspecified atom stereocenters. The Morgan fingerprint density at radius 1 is 1.24 bits per heavy atom. The average molecular weight is 311 g/mol. The molecule has 1 aromatic carbocycles. The van der Waals surface area contributed by atoms with Crippen LogP contribution in [0.4, 0.5) is 5.69 Å². The number of benzene rings is 1. The molecule has 1 aromatic rings. The molecule has 0 amide bonds. The van der Waals surface area contributed by atoms with E-state index in [0.717, 1.165) is 25.7 Å². The van der Waals surface area contributed by atoms with Crippen molar-refractivity contribution in [2.24, 2.45) is 0 Å². The average Bonchev–Trinajstić information content (AvgIpc) is 2.47. The largest absolute Gasteiger partial charge is 0.391 e. The van der Waals surface area contributed by atoms with Gasteiger partial charge in [-0.2, -0.15) is 0 Å². The van der Waals surface area contributed by atoms with E-state index in [-0.39, 0.29) is 17.9 Å². The summed E-state index contributed by atoms with van der Waals surface area (Å²) in [6, 6.07) is 7.12. The predicted molar refractivity (Wildman–Crippen MR) is 85.5 cm³/mol. The first-order valence-electron chi connectivity index (χ1n) is 7.70. The van der Waals surface area contributed by atoms with E-state index in [2.05, 4.69) is 0 Å². The van der Waals surface area contributed by atoms with Crippen molar-refractivity contribution in [1.29, 1.82) is 0 Å². The van der Waals surface area contributed by atoms with Gasteiger partial charge in [0.05, 0.1) is 28.5 Å². The van der Waals surface area contributed by atoms with Crippen molar-refractivity contribution in [1.82, 2.24) is 0 Å². The first kappa shape index (κ1) is 16.3. The van der Waals surface area contributed by atoms with Crippen LogP contribution in [0.2, 0.25) is 0 Å². The highest BCUT2D eigenvalue weighted by Crippen LogP contribution is 2.31. The van der Waals surface area contributed by atoms with Crippen molar-refractivity contribution in [2.45, 2.75) is 56.1 Å². The smallest absolute Gasteiger partial charge is 0.180 e. The maximum absolute atomic E-state index is 12.4. The van der Waals surface area contributed by atoms with Crippen molar-refractivity contribution in [3.63, 3.8) is 0 Å². The highest BCUT2D eigenvalue weighted by Gasteiger charge is 2.29. The molecule has 5 heteroatoms. The fraction of sp³-hybridized carbons (Fsp3) is 0.625. The van der Waals surface area contributed by atoms with E-state index in [4.69, 9.17) is 0 Å². The van der Waals surface area contributed by atoms with E-state index >= 15 is 0 Å². The maximum Gasteiger partial charge on any atom is 0.180 e. The van der Waals surface area contributed by atoms with E-state index < -0.39 is 9.84 Å². The second kappa shape index (κ2) is 6.79. The second-order valence-corrected chi connectivity index (χ2v) is 7.89.